The molecule has 0 saturated carbocycles. The number of piperazine rings is 1. The van der Waals surface area contributed by atoms with Gasteiger partial charge in [-0.3, -0.25) is 9.69 Å². The number of carbonyl (C=O) groups is 1. The summed E-state index contributed by atoms with van der Waals surface area (Å²) in [6, 6.07) is 30.0. The Kier molecular flexibility index (Phi) is 12.0. The summed E-state index contributed by atoms with van der Waals surface area (Å²) >= 11 is 6.59. The van der Waals surface area contributed by atoms with E-state index in [9.17, 15) is 9.18 Å². The van der Waals surface area contributed by atoms with Crippen LogP contribution in [0.1, 0.15) is 33.4 Å². The summed E-state index contributed by atoms with van der Waals surface area (Å²) in [6.07, 6.45) is 5.82. The molecule has 1 fully saturated rings. The number of hydrogen-bond donors (Lipinski definition) is 0. The Morgan fingerprint density at radius 1 is 0.824 bits per heavy atom. The van der Waals surface area contributed by atoms with Crippen LogP contribution >= 0.6 is 11.6 Å². The van der Waals surface area contributed by atoms with Crippen LogP contribution < -0.4 is 14.2 Å². The van der Waals surface area contributed by atoms with Gasteiger partial charge in [0.1, 0.15) is 29.7 Å². The summed E-state index contributed by atoms with van der Waals surface area (Å²) in [6.45, 7) is 8.76. The van der Waals surface area contributed by atoms with Crippen molar-refractivity contribution >= 4 is 23.6 Å². The van der Waals surface area contributed by atoms with Crippen molar-refractivity contribution in [1.29, 1.82) is 0 Å². The Morgan fingerprint density at radius 2 is 1.51 bits per heavy atom. The molecule has 4 aromatic carbocycles. The zero-order valence-corrected chi connectivity index (χ0v) is 29.6. The first-order valence-corrected chi connectivity index (χ1v) is 17.4. The monoisotopic (exact) mass is 705 g/mol. The quantitative estimate of drug-likeness (QED) is 0.114. The first-order valence-electron chi connectivity index (χ1n) is 17.1. The minimum absolute atomic E-state index is 0.0217. The normalized spacial score (nSPS) is 13.4. The van der Waals surface area contributed by atoms with Gasteiger partial charge in [0.05, 0.1) is 17.8 Å². The minimum Gasteiger partial charge on any atom is -0.493 e. The third-order valence-electron chi connectivity index (χ3n) is 8.76. The molecule has 6 rings (SSSR count). The molecule has 262 valence electrons. The molecule has 1 amide bonds. The lowest BCUT2D eigenvalue weighted by Gasteiger charge is -2.34. The fourth-order valence-electron chi connectivity index (χ4n) is 5.68. The largest absolute Gasteiger partial charge is 0.493 e. The van der Waals surface area contributed by atoms with E-state index < -0.39 is 0 Å². The maximum Gasteiger partial charge on any atom is 0.246 e. The van der Waals surface area contributed by atoms with Crippen LogP contribution in [0.2, 0.25) is 5.02 Å². The van der Waals surface area contributed by atoms with Gasteiger partial charge in [0, 0.05) is 51.3 Å². The number of hydrogen-bond acceptors (Lipinski definition) is 6. The van der Waals surface area contributed by atoms with Crippen LogP contribution in [0.4, 0.5) is 4.39 Å². The van der Waals surface area contributed by atoms with Gasteiger partial charge in [-0.1, -0.05) is 65.7 Å². The van der Waals surface area contributed by atoms with Gasteiger partial charge in [0.2, 0.25) is 11.8 Å². The van der Waals surface area contributed by atoms with E-state index in [1.165, 1.54) is 28.8 Å². The minimum atomic E-state index is -0.272. The van der Waals surface area contributed by atoms with E-state index in [1.54, 1.807) is 36.5 Å². The molecular weight excluding hydrogens is 665 g/mol. The van der Waals surface area contributed by atoms with Crippen LogP contribution in [-0.4, -0.2) is 53.5 Å². The molecule has 0 aliphatic carbocycles. The highest BCUT2D eigenvalue weighted by atomic mass is 35.5. The molecule has 0 radical (unpaired) electrons. The molecule has 0 N–H and O–H groups in total. The predicted molar refractivity (Wildman–Crippen MR) is 199 cm³/mol. The van der Waals surface area contributed by atoms with Gasteiger partial charge in [-0.05, 0) is 90.2 Å². The van der Waals surface area contributed by atoms with E-state index in [0.717, 1.165) is 42.7 Å². The standard InChI is InChI=1S/C42H41ClFN3O4/c1-30-3-5-34(6-4-30)29-50-38-16-17-41(45-27-38)51-40-25-31(2)35(26-39(40)43)11-18-42(48)47-22-20-46(21-23-47)28-33-9-7-32(8-10-33)19-24-49-37-14-12-36(44)13-15-37/h3-18,25-27H,19-24,28-29H2,1-2H3. The molecule has 5 aromatic rings. The van der Waals surface area contributed by atoms with Crippen LogP contribution in [-0.2, 0) is 24.4 Å². The number of carbonyl (C=O) groups excluding carboxylic acids is 1. The van der Waals surface area contributed by atoms with E-state index in [2.05, 4.69) is 53.2 Å². The Bertz CT molecular complexity index is 1920. The van der Waals surface area contributed by atoms with Crippen molar-refractivity contribution in [2.45, 2.75) is 33.4 Å². The van der Waals surface area contributed by atoms with Crippen LogP contribution in [0.5, 0.6) is 23.1 Å². The highest BCUT2D eigenvalue weighted by molar-refractivity contribution is 6.32. The van der Waals surface area contributed by atoms with Gasteiger partial charge >= 0.3 is 0 Å². The van der Waals surface area contributed by atoms with Crippen LogP contribution in [0, 0.1) is 19.7 Å². The Balaban J connectivity index is 0.932. The molecule has 0 unspecified atom stereocenters. The van der Waals surface area contributed by atoms with E-state index >= 15 is 0 Å². The van der Waals surface area contributed by atoms with E-state index in [1.807, 2.05) is 42.2 Å². The molecule has 9 heteroatoms. The summed E-state index contributed by atoms with van der Waals surface area (Å²) in [5, 5.41) is 0.425. The molecule has 1 aliphatic rings. The molecule has 1 aliphatic heterocycles. The zero-order valence-electron chi connectivity index (χ0n) is 28.9. The predicted octanol–water partition coefficient (Wildman–Crippen LogP) is 8.84. The van der Waals surface area contributed by atoms with Crippen molar-refractivity contribution in [3.63, 3.8) is 0 Å². The number of ether oxygens (including phenoxy) is 3. The van der Waals surface area contributed by atoms with Crippen LogP contribution in [0.15, 0.2) is 109 Å². The van der Waals surface area contributed by atoms with Gasteiger partial charge in [0.15, 0.2) is 0 Å². The van der Waals surface area contributed by atoms with Gasteiger partial charge in [0.25, 0.3) is 0 Å². The number of aromatic nitrogens is 1. The van der Waals surface area contributed by atoms with Gasteiger partial charge < -0.3 is 19.1 Å². The molecule has 51 heavy (non-hydrogen) atoms. The smallest absolute Gasteiger partial charge is 0.246 e. The number of amides is 1. The maximum absolute atomic E-state index is 13.1. The van der Waals surface area contributed by atoms with Crippen molar-refractivity contribution in [2.75, 3.05) is 32.8 Å². The third kappa shape index (κ3) is 10.4. The summed E-state index contributed by atoms with van der Waals surface area (Å²) in [4.78, 5) is 21.7. The van der Waals surface area contributed by atoms with Gasteiger partial charge in [-0.15, -0.1) is 0 Å². The number of benzene rings is 4. The lowest BCUT2D eigenvalue weighted by molar-refractivity contribution is -0.127. The zero-order chi connectivity index (χ0) is 35.6. The lowest BCUT2D eigenvalue weighted by atomic mass is 10.1. The summed E-state index contributed by atoms with van der Waals surface area (Å²) in [5.74, 6) is 1.90. The van der Waals surface area contributed by atoms with E-state index in [4.69, 9.17) is 25.8 Å². The van der Waals surface area contributed by atoms with Crippen molar-refractivity contribution in [3.8, 4) is 23.1 Å². The highest BCUT2D eigenvalue weighted by Crippen LogP contribution is 2.32. The van der Waals surface area contributed by atoms with Crippen molar-refractivity contribution in [2.24, 2.45) is 0 Å². The Morgan fingerprint density at radius 3 is 2.22 bits per heavy atom. The van der Waals surface area contributed by atoms with Crippen LogP contribution in [0.25, 0.3) is 6.08 Å². The first-order chi connectivity index (χ1) is 24.8. The second-order valence-corrected chi connectivity index (χ2v) is 13.1. The number of nitrogens with zero attached hydrogens (tertiary/aromatic N) is 3. The van der Waals surface area contributed by atoms with Crippen molar-refractivity contribution in [3.05, 3.63) is 154 Å². The van der Waals surface area contributed by atoms with Gasteiger partial charge in [-0.2, -0.15) is 0 Å². The number of rotatable bonds is 13. The maximum atomic E-state index is 13.1. The molecular formula is C42H41ClFN3O4. The molecule has 0 spiro atoms. The molecule has 0 atom stereocenters. The van der Waals surface area contributed by atoms with E-state index in [-0.39, 0.29) is 11.7 Å². The number of pyridine rings is 1. The van der Waals surface area contributed by atoms with Crippen LogP contribution in [0.3, 0.4) is 0 Å². The average Bonchev–Trinajstić information content (AvgIpc) is 3.14. The Labute approximate surface area is 303 Å². The average molecular weight is 706 g/mol. The second kappa shape index (κ2) is 17.2. The SMILES string of the molecule is Cc1ccc(COc2ccc(Oc3cc(C)c(C=CC(=O)N4CCN(Cc5ccc(CCOc6ccc(F)cc6)cc5)CC4)cc3Cl)nc2)cc1. The first kappa shape index (κ1) is 35.6. The molecule has 0 bridgehead atoms. The number of aryl methyl sites for hydroxylation is 2. The molecule has 2 heterocycles. The summed E-state index contributed by atoms with van der Waals surface area (Å²) in [7, 11) is 0. The molecule has 1 saturated heterocycles. The fourth-order valence-corrected chi connectivity index (χ4v) is 5.89. The molecule has 7 nitrogen and oxygen atoms in total. The summed E-state index contributed by atoms with van der Waals surface area (Å²) < 4.78 is 30.6. The second-order valence-electron chi connectivity index (χ2n) is 12.7. The molecule has 1 aromatic heterocycles. The third-order valence-corrected chi connectivity index (χ3v) is 9.06. The van der Waals surface area contributed by atoms with Crippen molar-refractivity contribution in [1.82, 2.24) is 14.8 Å². The summed E-state index contributed by atoms with van der Waals surface area (Å²) in [5.41, 5.74) is 6.47. The lowest BCUT2D eigenvalue weighted by Crippen LogP contribution is -2.47. The van der Waals surface area contributed by atoms with Crippen molar-refractivity contribution < 1.29 is 23.4 Å². The topological polar surface area (TPSA) is 64.1 Å². The number of halogens is 2. The highest BCUT2D eigenvalue weighted by Gasteiger charge is 2.20. The fraction of sp³-hybridized carbons (Fsp3) is 0.238. The Hall–Kier alpha value is -5.18. The van der Waals surface area contributed by atoms with E-state index in [0.29, 0.717) is 54.5 Å². The van der Waals surface area contributed by atoms with Gasteiger partial charge in [-0.25, -0.2) is 9.37 Å².